The number of hydrogen-bond donors (Lipinski definition) is 1. The molecule has 1 aliphatic heterocycles. The van der Waals surface area contributed by atoms with Crippen LogP contribution in [0.15, 0.2) is 58.8 Å². The van der Waals surface area contributed by atoms with Gasteiger partial charge in [-0.25, -0.2) is 0 Å². The van der Waals surface area contributed by atoms with Gasteiger partial charge in [-0.1, -0.05) is 36.0 Å². The van der Waals surface area contributed by atoms with Gasteiger partial charge in [0.2, 0.25) is 5.16 Å². The molecule has 0 amide bonds. The van der Waals surface area contributed by atoms with Crippen LogP contribution in [0.5, 0.6) is 5.75 Å². The van der Waals surface area contributed by atoms with Crippen molar-refractivity contribution in [1.29, 1.82) is 0 Å². The van der Waals surface area contributed by atoms with Crippen molar-refractivity contribution in [3.63, 3.8) is 0 Å². The highest BCUT2D eigenvalue weighted by molar-refractivity contribution is 7.99. The fourth-order valence-corrected chi connectivity index (χ4v) is 3.48. The summed E-state index contributed by atoms with van der Waals surface area (Å²) in [4.78, 5) is 0. The highest BCUT2D eigenvalue weighted by atomic mass is 32.2. The Morgan fingerprint density at radius 1 is 1.08 bits per heavy atom. The van der Waals surface area contributed by atoms with Crippen LogP contribution >= 0.6 is 11.8 Å². The van der Waals surface area contributed by atoms with Crippen molar-refractivity contribution in [2.75, 3.05) is 18.6 Å². The molecule has 0 fully saturated rings. The summed E-state index contributed by atoms with van der Waals surface area (Å²) in [6.45, 7) is 0. The summed E-state index contributed by atoms with van der Waals surface area (Å²) in [6, 6.07) is 15.7. The van der Waals surface area contributed by atoms with E-state index in [1.165, 1.54) is 0 Å². The summed E-state index contributed by atoms with van der Waals surface area (Å²) in [5, 5.41) is 14.1. The summed E-state index contributed by atoms with van der Waals surface area (Å²) in [7, 11) is 1.66. The van der Waals surface area contributed by atoms with Crippen molar-refractivity contribution in [3.8, 4) is 5.75 Å². The number of nitrogens with two attached hydrogens (primary N) is 1. The van der Waals surface area contributed by atoms with E-state index >= 15 is 0 Å². The molecule has 0 bridgehead atoms. The molecule has 0 aliphatic carbocycles. The molecule has 4 rings (SSSR count). The monoisotopic (exact) mass is 351 g/mol. The first-order valence-electron chi connectivity index (χ1n) is 7.87. The molecule has 0 saturated carbocycles. The number of thioether (sulfide) groups is 1. The van der Waals surface area contributed by atoms with Crippen LogP contribution in [-0.4, -0.2) is 33.4 Å². The topological polar surface area (TPSA) is 78.3 Å². The Balaban J connectivity index is 1.63. The van der Waals surface area contributed by atoms with Crippen molar-refractivity contribution < 1.29 is 4.74 Å². The number of fused-ring (bicyclic) bond motifs is 1. The minimum atomic E-state index is 0.663. The predicted octanol–water partition coefficient (Wildman–Crippen LogP) is 2.82. The molecule has 2 heterocycles. The first kappa shape index (κ1) is 15.7. The van der Waals surface area contributed by atoms with Crippen LogP contribution in [0, 0.1) is 0 Å². The van der Waals surface area contributed by atoms with Crippen LogP contribution in [0.3, 0.4) is 0 Å². The lowest BCUT2D eigenvalue weighted by Crippen LogP contribution is -2.14. The smallest absolute Gasteiger partial charge is 0.212 e. The zero-order valence-electron chi connectivity index (χ0n) is 13.7. The van der Waals surface area contributed by atoms with Gasteiger partial charge in [0, 0.05) is 17.9 Å². The van der Waals surface area contributed by atoms with Gasteiger partial charge in [0.25, 0.3) is 0 Å². The van der Waals surface area contributed by atoms with E-state index in [1.54, 1.807) is 18.9 Å². The van der Waals surface area contributed by atoms with Crippen molar-refractivity contribution in [3.05, 3.63) is 65.5 Å². The number of ether oxygens (including phenoxy) is 1. The van der Waals surface area contributed by atoms with E-state index in [2.05, 4.69) is 10.2 Å². The van der Waals surface area contributed by atoms with Gasteiger partial charge in [-0.15, -0.1) is 10.2 Å². The molecule has 1 aromatic heterocycles. The van der Waals surface area contributed by atoms with Crippen molar-refractivity contribution in [2.24, 2.45) is 5.10 Å². The van der Waals surface area contributed by atoms with Crippen LogP contribution in [0.1, 0.15) is 17.0 Å². The summed E-state index contributed by atoms with van der Waals surface area (Å²) >= 11 is 1.64. The molecule has 7 heteroatoms. The molecule has 0 saturated heterocycles. The lowest BCUT2D eigenvalue weighted by molar-refractivity contribution is 0.414. The molecule has 0 radical (unpaired) electrons. The minimum Gasteiger partial charge on any atom is -0.497 e. The number of nitrogens with zero attached hydrogens (tertiary/aromatic N) is 4. The predicted molar refractivity (Wildman–Crippen MR) is 99.3 cm³/mol. The van der Waals surface area contributed by atoms with Gasteiger partial charge in [0.1, 0.15) is 5.75 Å². The normalized spacial score (nSPS) is 13.2. The van der Waals surface area contributed by atoms with Gasteiger partial charge in [-0.3, -0.25) is 0 Å². The molecule has 0 unspecified atom stereocenters. The first-order chi connectivity index (χ1) is 12.2. The second-order valence-corrected chi connectivity index (χ2v) is 6.64. The first-order valence-corrected chi connectivity index (χ1v) is 8.85. The fraction of sp³-hybridized carbons (Fsp3) is 0.167. The maximum atomic E-state index is 5.77. The van der Waals surface area contributed by atoms with Gasteiger partial charge >= 0.3 is 0 Å². The van der Waals surface area contributed by atoms with E-state index < -0.39 is 0 Å². The average molecular weight is 351 g/mol. The molecule has 126 valence electrons. The zero-order valence-corrected chi connectivity index (χ0v) is 14.5. The molecule has 2 N–H and O–H groups in total. The third kappa shape index (κ3) is 3.23. The van der Waals surface area contributed by atoms with E-state index in [9.17, 15) is 0 Å². The van der Waals surface area contributed by atoms with E-state index in [1.807, 2.05) is 53.2 Å². The Kier molecular flexibility index (Phi) is 4.15. The van der Waals surface area contributed by atoms with Crippen LogP contribution < -0.4 is 10.5 Å². The fourth-order valence-electron chi connectivity index (χ4n) is 2.62. The van der Waals surface area contributed by atoms with Crippen molar-refractivity contribution in [2.45, 2.75) is 11.6 Å². The molecular formula is C18H17N5OS. The van der Waals surface area contributed by atoms with E-state index in [0.717, 1.165) is 45.0 Å². The summed E-state index contributed by atoms with van der Waals surface area (Å²) < 4.78 is 7.04. The van der Waals surface area contributed by atoms with Crippen LogP contribution in [0.2, 0.25) is 0 Å². The molecule has 6 nitrogen and oxygen atoms in total. The Morgan fingerprint density at radius 3 is 2.56 bits per heavy atom. The maximum Gasteiger partial charge on any atom is 0.212 e. The second kappa shape index (κ2) is 6.60. The molecule has 25 heavy (non-hydrogen) atoms. The van der Waals surface area contributed by atoms with Crippen LogP contribution in [0.25, 0.3) is 0 Å². The molecule has 1 aliphatic rings. The third-order valence-corrected chi connectivity index (χ3v) is 4.93. The number of nitrogen functional groups attached to an aromatic ring is 1. The van der Waals surface area contributed by atoms with Gasteiger partial charge in [-0.05, 0) is 35.4 Å². The molecule has 3 aromatic rings. The SMILES string of the molecule is COc1ccc(Cc2nnc3n2N=C(c2ccc(N)cc2)CS3)cc1. The van der Waals surface area contributed by atoms with Gasteiger partial charge in [0.05, 0.1) is 12.8 Å². The molecular weight excluding hydrogens is 334 g/mol. The number of aromatic nitrogens is 3. The van der Waals surface area contributed by atoms with Crippen LogP contribution in [0.4, 0.5) is 5.69 Å². The maximum absolute atomic E-state index is 5.77. The van der Waals surface area contributed by atoms with Gasteiger partial charge in [0.15, 0.2) is 5.82 Å². The van der Waals surface area contributed by atoms with Crippen molar-refractivity contribution in [1.82, 2.24) is 14.9 Å². The Labute approximate surface area is 149 Å². The lowest BCUT2D eigenvalue weighted by Gasteiger charge is -2.14. The highest BCUT2D eigenvalue weighted by Gasteiger charge is 2.19. The number of benzene rings is 2. The summed E-state index contributed by atoms with van der Waals surface area (Å²) in [5.41, 5.74) is 9.71. The molecule has 0 spiro atoms. The van der Waals surface area contributed by atoms with Crippen LogP contribution in [-0.2, 0) is 6.42 Å². The molecule has 2 aromatic carbocycles. The Bertz CT molecular complexity index is 916. The zero-order chi connectivity index (χ0) is 17.2. The largest absolute Gasteiger partial charge is 0.497 e. The standard InChI is InChI=1S/C18H17N5OS/c1-24-15-8-2-12(3-9-15)10-17-20-21-18-23(17)22-16(11-25-18)13-4-6-14(19)7-5-13/h2-9H,10-11,19H2,1H3. The van der Waals surface area contributed by atoms with Gasteiger partial charge in [-0.2, -0.15) is 9.78 Å². The lowest BCUT2D eigenvalue weighted by atomic mass is 10.1. The van der Waals surface area contributed by atoms with E-state index in [4.69, 9.17) is 15.6 Å². The third-order valence-electron chi connectivity index (χ3n) is 4.00. The van der Waals surface area contributed by atoms with Gasteiger partial charge < -0.3 is 10.5 Å². The highest BCUT2D eigenvalue weighted by Crippen LogP contribution is 2.25. The van der Waals surface area contributed by atoms with Crippen molar-refractivity contribution >= 4 is 23.2 Å². The molecule has 0 atom stereocenters. The minimum absolute atomic E-state index is 0.663. The van der Waals surface area contributed by atoms with E-state index in [0.29, 0.717) is 6.42 Å². The number of methoxy groups -OCH3 is 1. The Hall–Kier alpha value is -2.80. The Morgan fingerprint density at radius 2 is 1.84 bits per heavy atom. The number of rotatable bonds is 4. The number of anilines is 1. The quantitative estimate of drug-likeness (QED) is 0.731. The number of hydrogen-bond acceptors (Lipinski definition) is 6. The summed E-state index contributed by atoms with van der Waals surface area (Å²) in [6.07, 6.45) is 0.663. The average Bonchev–Trinajstić information content (AvgIpc) is 3.05. The second-order valence-electron chi connectivity index (χ2n) is 5.69. The van der Waals surface area contributed by atoms with E-state index in [-0.39, 0.29) is 0 Å². The summed E-state index contributed by atoms with van der Waals surface area (Å²) in [5.74, 6) is 2.43.